The Kier molecular flexibility index (Phi) is 3.92. The van der Waals surface area contributed by atoms with E-state index < -0.39 is 0 Å². The highest BCUT2D eigenvalue weighted by atomic mass is 35.5. The zero-order valence-corrected chi connectivity index (χ0v) is 14.3. The Labute approximate surface area is 142 Å². The van der Waals surface area contributed by atoms with Crippen LogP contribution in [0.5, 0.6) is 0 Å². The number of hydrogen-bond donors (Lipinski definition) is 2. The molecule has 3 rings (SSSR count). The van der Waals surface area contributed by atoms with Crippen LogP contribution in [0.3, 0.4) is 0 Å². The Morgan fingerprint density at radius 2 is 2.00 bits per heavy atom. The van der Waals surface area contributed by atoms with Crippen molar-refractivity contribution in [3.63, 3.8) is 0 Å². The molecular formula is C14H13Cl2N5S. The van der Waals surface area contributed by atoms with Crippen molar-refractivity contribution in [3.8, 4) is 0 Å². The van der Waals surface area contributed by atoms with E-state index in [2.05, 4.69) is 27.6 Å². The molecule has 0 atom stereocenters. The number of nitrogens with zero attached hydrogens (tertiary/aromatic N) is 4. The number of aromatic nitrogens is 4. The smallest absolute Gasteiger partial charge is 0.223 e. The first-order chi connectivity index (χ1) is 10.4. The Balaban J connectivity index is 2.14. The molecule has 0 aliphatic heterocycles. The molecule has 0 bridgehead atoms. The summed E-state index contributed by atoms with van der Waals surface area (Å²) in [6, 6.07) is 0. The maximum Gasteiger partial charge on any atom is 0.223 e. The van der Waals surface area contributed by atoms with E-state index in [1.54, 1.807) is 6.20 Å². The topological polar surface area (TPSA) is 69.6 Å². The minimum atomic E-state index is 0.122. The van der Waals surface area contributed by atoms with E-state index in [1.165, 1.54) is 0 Å². The Bertz CT molecular complexity index is 891. The SMILES string of the molecule is Cc1cnc(Cn2cc(S)c3c(Cl)nc(N)nc32)c(C)c1Cl. The average molecular weight is 354 g/mol. The van der Waals surface area contributed by atoms with Crippen LogP contribution >= 0.6 is 35.8 Å². The second-order valence-corrected chi connectivity index (χ2v) is 6.26. The third kappa shape index (κ3) is 2.51. The molecule has 0 spiro atoms. The molecule has 0 aliphatic rings. The molecule has 0 aliphatic carbocycles. The van der Waals surface area contributed by atoms with Crippen molar-refractivity contribution in [2.75, 3.05) is 5.73 Å². The average Bonchev–Trinajstić information content (AvgIpc) is 2.76. The number of pyridine rings is 1. The first kappa shape index (κ1) is 15.4. The fourth-order valence-electron chi connectivity index (χ4n) is 2.33. The molecular weight excluding hydrogens is 341 g/mol. The van der Waals surface area contributed by atoms with Gasteiger partial charge in [-0.2, -0.15) is 4.98 Å². The third-order valence-electron chi connectivity index (χ3n) is 3.51. The fraction of sp³-hybridized carbons (Fsp3) is 0.214. The Morgan fingerprint density at radius 1 is 1.27 bits per heavy atom. The maximum atomic E-state index is 6.29. The number of rotatable bonds is 2. The van der Waals surface area contributed by atoms with Crippen molar-refractivity contribution in [1.29, 1.82) is 0 Å². The van der Waals surface area contributed by atoms with Crippen molar-refractivity contribution >= 4 is 52.8 Å². The fourth-order valence-corrected chi connectivity index (χ4v) is 3.17. The monoisotopic (exact) mass is 353 g/mol. The molecule has 3 heterocycles. The van der Waals surface area contributed by atoms with Gasteiger partial charge in [-0.05, 0) is 25.0 Å². The molecule has 22 heavy (non-hydrogen) atoms. The minimum absolute atomic E-state index is 0.122. The first-order valence-electron chi connectivity index (χ1n) is 6.50. The van der Waals surface area contributed by atoms with E-state index in [-0.39, 0.29) is 11.1 Å². The zero-order chi connectivity index (χ0) is 16.0. The van der Waals surface area contributed by atoms with Gasteiger partial charge < -0.3 is 10.3 Å². The molecule has 3 aromatic rings. The molecule has 114 valence electrons. The van der Waals surface area contributed by atoms with Gasteiger partial charge in [0.25, 0.3) is 0 Å². The number of anilines is 1. The van der Waals surface area contributed by atoms with Crippen LogP contribution in [0.25, 0.3) is 11.0 Å². The number of hydrogen-bond acceptors (Lipinski definition) is 5. The van der Waals surface area contributed by atoms with Gasteiger partial charge in [0.2, 0.25) is 5.95 Å². The highest BCUT2D eigenvalue weighted by Gasteiger charge is 2.15. The van der Waals surface area contributed by atoms with Crippen LogP contribution in [-0.2, 0) is 6.54 Å². The summed E-state index contributed by atoms with van der Waals surface area (Å²) in [4.78, 5) is 13.4. The van der Waals surface area contributed by atoms with Gasteiger partial charge in [0, 0.05) is 22.3 Å². The normalized spacial score (nSPS) is 11.3. The van der Waals surface area contributed by atoms with Gasteiger partial charge in [-0.25, -0.2) is 4.98 Å². The van der Waals surface area contributed by atoms with Crippen LogP contribution in [0.4, 0.5) is 5.95 Å². The van der Waals surface area contributed by atoms with Crippen LogP contribution in [-0.4, -0.2) is 19.5 Å². The van der Waals surface area contributed by atoms with E-state index in [9.17, 15) is 0 Å². The molecule has 0 aromatic carbocycles. The predicted octanol–water partition coefficient (Wildman–Crippen LogP) is 3.67. The van der Waals surface area contributed by atoms with Crippen LogP contribution in [0.15, 0.2) is 17.3 Å². The summed E-state index contributed by atoms with van der Waals surface area (Å²) in [6.45, 7) is 4.37. The third-order valence-corrected chi connectivity index (χ3v) is 4.71. The lowest BCUT2D eigenvalue weighted by Crippen LogP contribution is -2.06. The summed E-state index contributed by atoms with van der Waals surface area (Å²) in [5.41, 5.74) is 9.06. The van der Waals surface area contributed by atoms with Crippen molar-refractivity contribution in [2.45, 2.75) is 25.3 Å². The summed E-state index contributed by atoms with van der Waals surface area (Å²) >= 11 is 16.9. The highest BCUT2D eigenvalue weighted by Crippen LogP contribution is 2.30. The lowest BCUT2D eigenvalue weighted by atomic mass is 10.1. The number of halogens is 2. The summed E-state index contributed by atoms with van der Waals surface area (Å²) in [5, 5.41) is 1.69. The van der Waals surface area contributed by atoms with E-state index in [0.29, 0.717) is 22.5 Å². The van der Waals surface area contributed by atoms with Gasteiger partial charge in [-0.15, -0.1) is 12.6 Å². The van der Waals surface area contributed by atoms with E-state index in [0.717, 1.165) is 21.8 Å². The van der Waals surface area contributed by atoms with Crippen molar-refractivity contribution < 1.29 is 0 Å². The highest BCUT2D eigenvalue weighted by molar-refractivity contribution is 7.80. The number of aryl methyl sites for hydroxylation is 1. The quantitative estimate of drug-likeness (QED) is 0.544. The second kappa shape index (κ2) is 5.61. The van der Waals surface area contributed by atoms with Crippen LogP contribution in [0, 0.1) is 13.8 Å². The zero-order valence-electron chi connectivity index (χ0n) is 11.9. The van der Waals surface area contributed by atoms with Crippen molar-refractivity contribution in [2.24, 2.45) is 0 Å². The minimum Gasteiger partial charge on any atom is -0.368 e. The molecule has 5 nitrogen and oxygen atoms in total. The van der Waals surface area contributed by atoms with E-state index in [4.69, 9.17) is 28.9 Å². The number of nitrogen functional groups attached to an aromatic ring is 1. The largest absolute Gasteiger partial charge is 0.368 e. The maximum absolute atomic E-state index is 6.29. The van der Waals surface area contributed by atoms with Gasteiger partial charge in [0.05, 0.1) is 17.6 Å². The van der Waals surface area contributed by atoms with Gasteiger partial charge in [-0.3, -0.25) is 4.98 Å². The Morgan fingerprint density at radius 3 is 2.73 bits per heavy atom. The predicted molar refractivity (Wildman–Crippen MR) is 92.0 cm³/mol. The molecule has 8 heteroatoms. The standard InChI is InChI=1S/C14H13Cl2N5S/c1-6-3-18-8(7(2)11(6)15)4-21-5-9(22)10-12(16)19-14(17)20-13(10)21/h3,5,22H,4H2,1-2H3,(H2,17,19,20). The van der Waals surface area contributed by atoms with Gasteiger partial charge in [-0.1, -0.05) is 23.2 Å². The molecule has 0 radical (unpaired) electrons. The lowest BCUT2D eigenvalue weighted by Gasteiger charge is -2.10. The molecule has 0 unspecified atom stereocenters. The van der Waals surface area contributed by atoms with Gasteiger partial charge in [0.1, 0.15) is 10.8 Å². The van der Waals surface area contributed by atoms with Crippen LogP contribution in [0.2, 0.25) is 10.2 Å². The van der Waals surface area contributed by atoms with Gasteiger partial charge >= 0.3 is 0 Å². The summed E-state index contributed by atoms with van der Waals surface area (Å²) < 4.78 is 1.89. The molecule has 0 fully saturated rings. The summed E-state index contributed by atoms with van der Waals surface area (Å²) in [7, 11) is 0. The number of nitrogens with two attached hydrogens (primary N) is 1. The summed E-state index contributed by atoms with van der Waals surface area (Å²) in [6.07, 6.45) is 3.59. The first-order valence-corrected chi connectivity index (χ1v) is 7.70. The van der Waals surface area contributed by atoms with Gasteiger partial charge in [0.15, 0.2) is 0 Å². The van der Waals surface area contributed by atoms with Crippen LogP contribution in [0.1, 0.15) is 16.8 Å². The molecule has 3 aromatic heterocycles. The van der Waals surface area contributed by atoms with Crippen LogP contribution < -0.4 is 5.73 Å². The molecule has 2 N–H and O–H groups in total. The second-order valence-electron chi connectivity index (χ2n) is 5.04. The van der Waals surface area contributed by atoms with E-state index in [1.807, 2.05) is 24.6 Å². The molecule has 0 saturated carbocycles. The Hall–Kier alpha value is -1.50. The van der Waals surface area contributed by atoms with E-state index >= 15 is 0 Å². The van der Waals surface area contributed by atoms with Crippen molar-refractivity contribution in [1.82, 2.24) is 19.5 Å². The molecule has 0 amide bonds. The summed E-state index contributed by atoms with van der Waals surface area (Å²) in [5.74, 6) is 0.122. The lowest BCUT2D eigenvalue weighted by molar-refractivity contribution is 0.784. The number of fused-ring (bicyclic) bond motifs is 1. The number of thiol groups is 1. The molecule has 0 saturated heterocycles. The van der Waals surface area contributed by atoms with Crippen molar-refractivity contribution in [3.05, 3.63) is 39.4 Å².